The molecule has 1 fully saturated rings. The Morgan fingerprint density at radius 3 is 2.29 bits per heavy atom. The van der Waals surface area contributed by atoms with E-state index in [0.717, 1.165) is 0 Å². The molecule has 0 amide bonds. The summed E-state index contributed by atoms with van der Waals surface area (Å²) in [6, 6.07) is 6.08. The summed E-state index contributed by atoms with van der Waals surface area (Å²) in [5.41, 5.74) is 1.08. The fraction of sp³-hybridized carbons (Fsp3) is 0.476. The molecule has 3 rings (SSSR count). The van der Waals surface area contributed by atoms with Crippen LogP contribution < -0.4 is 5.32 Å². The summed E-state index contributed by atoms with van der Waals surface area (Å²) in [6.45, 7) is 6.98. The molecule has 10 heteroatoms. The van der Waals surface area contributed by atoms with E-state index in [2.05, 4.69) is 5.32 Å². The number of nitro benzene ring substituents is 1. The van der Waals surface area contributed by atoms with E-state index < -0.39 is 24.4 Å². The topological polar surface area (TPSA) is 117 Å². The second kappa shape index (κ2) is 8.94. The average molecular weight is 450 g/mol. The van der Waals surface area contributed by atoms with Crippen LogP contribution in [0.3, 0.4) is 0 Å². The third-order valence-corrected chi connectivity index (χ3v) is 7.95. The van der Waals surface area contributed by atoms with E-state index in [9.17, 15) is 19.5 Å². The lowest BCUT2D eigenvalue weighted by atomic mass is 9.85. The predicted octanol–water partition coefficient (Wildman–Crippen LogP) is 4.76. The number of esters is 1. The second-order valence-electron chi connectivity index (χ2n) is 7.82. The Morgan fingerprint density at radius 1 is 1.16 bits per heavy atom. The second-order valence-corrected chi connectivity index (χ2v) is 9.72. The molecule has 31 heavy (non-hydrogen) atoms. The lowest BCUT2D eigenvalue weighted by Crippen LogP contribution is -2.30. The minimum atomic E-state index is -3.93. The van der Waals surface area contributed by atoms with Crippen molar-refractivity contribution in [3.63, 3.8) is 0 Å². The summed E-state index contributed by atoms with van der Waals surface area (Å²) < 4.78 is 31.0. The molecule has 1 aromatic rings. The van der Waals surface area contributed by atoms with Crippen LogP contribution in [-0.2, 0) is 23.1 Å². The number of dihydropyridines is 1. The molecule has 0 bridgehead atoms. The number of hydrogen-bond donors (Lipinski definition) is 1. The number of allylic oxidation sites excluding steroid dienone is 3. The van der Waals surface area contributed by atoms with Crippen molar-refractivity contribution < 1.29 is 28.1 Å². The molecule has 0 aliphatic carbocycles. The number of carbonyl (C=O) groups excluding carboxylic acids is 1. The van der Waals surface area contributed by atoms with E-state index in [1.54, 1.807) is 26.0 Å². The normalized spacial score (nSPS) is 29.3. The van der Waals surface area contributed by atoms with Gasteiger partial charge in [0.2, 0.25) is 0 Å². The molecule has 0 aromatic heterocycles. The van der Waals surface area contributed by atoms with Gasteiger partial charge < -0.3 is 19.1 Å². The number of nitro groups is 1. The van der Waals surface area contributed by atoms with E-state index in [-0.39, 0.29) is 34.3 Å². The molecular weight excluding hydrogens is 423 g/mol. The van der Waals surface area contributed by atoms with Gasteiger partial charge in [0.1, 0.15) is 0 Å². The smallest absolute Gasteiger partial charge is 0.360 e. The Hall–Kier alpha value is -2.48. The Bertz CT molecular complexity index is 1000. The molecule has 1 N–H and O–H groups in total. The summed E-state index contributed by atoms with van der Waals surface area (Å²) in [7, 11) is -2.70. The van der Waals surface area contributed by atoms with E-state index in [1.165, 1.54) is 19.2 Å². The van der Waals surface area contributed by atoms with Crippen LogP contribution >= 0.6 is 7.60 Å². The minimum Gasteiger partial charge on any atom is -0.466 e. The Morgan fingerprint density at radius 2 is 1.74 bits per heavy atom. The maximum atomic E-state index is 14.2. The zero-order chi connectivity index (χ0) is 22.9. The molecule has 1 aromatic carbocycles. The molecule has 1 saturated heterocycles. The van der Waals surface area contributed by atoms with Gasteiger partial charge in [0, 0.05) is 23.0 Å². The zero-order valence-corrected chi connectivity index (χ0v) is 19.1. The van der Waals surface area contributed by atoms with Gasteiger partial charge in [0.25, 0.3) is 5.69 Å². The number of nitrogens with one attached hydrogen (secondary N) is 1. The number of methoxy groups -OCH3 is 1. The third-order valence-electron chi connectivity index (χ3n) is 5.49. The molecule has 2 aliphatic rings. The first-order chi connectivity index (χ1) is 14.6. The number of rotatable bonds is 4. The van der Waals surface area contributed by atoms with Gasteiger partial charge in [-0.3, -0.25) is 14.7 Å². The van der Waals surface area contributed by atoms with Crippen LogP contribution in [0.25, 0.3) is 0 Å². The molecule has 3 atom stereocenters. The van der Waals surface area contributed by atoms with Crippen LogP contribution in [0.4, 0.5) is 5.69 Å². The van der Waals surface area contributed by atoms with Crippen LogP contribution in [0.15, 0.2) is 46.5 Å². The molecule has 3 unspecified atom stereocenters. The van der Waals surface area contributed by atoms with Crippen molar-refractivity contribution in [2.24, 2.45) is 0 Å². The summed E-state index contributed by atoms with van der Waals surface area (Å²) >= 11 is 0. The van der Waals surface area contributed by atoms with Gasteiger partial charge in [-0.15, -0.1) is 0 Å². The highest BCUT2D eigenvalue weighted by Crippen LogP contribution is 2.66. The van der Waals surface area contributed by atoms with Crippen molar-refractivity contribution in [1.82, 2.24) is 5.32 Å². The molecule has 9 nitrogen and oxygen atoms in total. The van der Waals surface area contributed by atoms with E-state index in [1.807, 2.05) is 13.8 Å². The van der Waals surface area contributed by atoms with Gasteiger partial charge in [-0.2, -0.15) is 0 Å². The number of hydrogen-bond acceptors (Lipinski definition) is 8. The number of benzene rings is 1. The van der Waals surface area contributed by atoms with Gasteiger partial charge in [0.05, 0.1) is 41.0 Å². The minimum absolute atomic E-state index is 0.129. The molecule has 0 radical (unpaired) electrons. The van der Waals surface area contributed by atoms with Gasteiger partial charge in [-0.25, -0.2) is 4.79 Å². The van der Waals surface area contributed by atoms with Crippen molar-refractivity contribution >= 4 is 19.3 Å². The van der Waals surface area contributed by atoms with Crippen LogP contribution in [0.2, 0.25) is 0 Å². The highest BCUT2D eigenvalue weighted by molar-refractivity contribution is 7.58. The van der Waals surface area contributed by atoms with Crippen molar-refractivity contribution in [3.05, 3.63) is 62.2 Å². The monoisotopic (exact) mass is 450 g/mol. The molecule has 2 aliphatic heterocycles. The van der Waals surface area contributed by atoms with Crippen LogP contribution in [0, 0.1) is 10.1 Å². The van der Waals surface area contributed by atoms with Crippen molar-refractivity contribution in [2.45, 2.75) is 58.7 Å². The first-order valence-electron chi connectivity index (χ1n) is 10.1. The number of carbonyl (C=O) groups is 1. The Labute approximate surface area is 181 Å². The molecule has 0 saturated carbocycles. The highest BCUT2D eigenvalue weighted by Gasteiger charge is 2.48. The molecule has 0 spiro atoms. The van der Waals surface area contributed by atoms with Crippen molar-refractivity contribution in [1.29, 1.82) is 0 Å². The lowest BCUT2D eigenvalue weighted by molar-refractivity contribution is -0.385. The number of nitrogens with zero attached hydrogens (tertiary/aromatic N) is 1. The summed E-state index contributed by atoms with van der Waals surface area (Å²) in [4.78, 5) is 24.1. The summed E-state index contributed by atoms with van der Waals surface area (Å²) in [5, 5.41) is 15.1. The quantitative estimate of drug-likeness (QED) is 0.302. The van der Waals surface area contributed by atoms with Crippen LogP contribution in [0.1, 0.15) is 52.0 Å². The summed E-state index contributed by atoms with van der Waals surface area (Å²) in [5.74, 6) is -1.71. The molecular formula is C21H27N2O7P. The average Bonchev–Trinajstić information content (AvgIpc) is 2.83. The first kappa shape index (κ1) is 23.2. The van der Waals surface area contributed by atoms with Crippen molar-refractivity contribution in [3.8, 4) is 0 Å². The number of ether oxygens (including phenoxy) is 1. The SMILES string of the molecule is COC(=O)C1=C(C)NC(C)=C(P2(=O)OC(C)CCC(C)O2)C1c1ccccc1[N+](=O)[O-]. The largest absolute Gasteiger partial charge is 0.466 e. The molecule has 168 valence electrons. The summed E-state index contributed by atoms with van der Waals surface area (Å²) in [6.07, 6.45) is 0.603. The van der Waals surface area contributed by atoms with E-state index >= 15 is 0 Å². The fourth-order valence-corrected chi connectivity index (χ4v) is 6.60. The predicted molar refractivity (Wildman–Crippen MR) is 114 cm³/mol. The van der Waals surface area contributed by atoms with Gasteiger partial charge in [-0.1, -0.05) is 18.2 Å². The van der Waals surface area contributed by atoms with Crippen LogP contribution in [0.5, 0.6) is 0 Å². The first-order valence-corrected chi connectivity index (χ1v) is 11.6. The highest BCUT2D eigenvalue weighted by atomic mass is 31.2. The van der Waals surface area contributed by atoms with Gasteiger partial charge in [-0.05, 0) is 40.5 Å². The van der Waals surface area contributed by atoms with Crippen LogP contribution in [-0.4, -0.2) is 30.2 Å². The third kappa shape index (κ3) is 4.44. The Balaban J connectivity index is 2.31. The van der Waals surface area contributed by atoms with Gasteiger partial charge >= 0.3 is 13.6 Å². The molecule has 2 heterocycles. The van der Waals surface area contributed by atoms with E-state index in [0.29, 0.717) is 24.2 Å². The van der Waals surface area contributed by atoms with E-state index in [4.69, 9.17) is 13.8 Å². The zero-order valence-electron chi connectivity index (χ0n) is 18.2. The van der Waals surface area contributed by atoms with Crippen molar-refractivity contribution in [2.75, 3.05) is 7.11 Å². The lowest BCUT2D eigenvalue weighted by Gasteiger charge is -2.34. The van der Waals surface area contributed by atoms with Gasteiger partial charge in [0.15, 0.2) is 0 Å². The fourth-order valence-electron chi connectivity index (χ4n) is 4.11. The Kier molecular flexibility index (Phi) is 6.69. The maximum absolute atomic E-state index is 14.2. The number of para-hydroxylation sites is 1. The standard InChI is InChI=1S/C21H27N2O7P/c1-12-10-11-13(2)30-31(27,29-12)20-15(4)22-14(3)18(21(24)28-5)19(20)16-8-6-7-9-17(16)23(25)26/h6-9,12-13,19,22H,10-11H2,1-5H3. The maximum Gasteiger partial charge on any atom is 0.360 e.